The van der Waals surface area contributed by atoms with Gasteiger partial charge in [0.15, 0.2) is 0 Å². The molecular formula is C10H16BrN3O. The zero-order chi connectivity index (χ0) is 11.4. The molecule has 1 aromatic heterocycles. The van der Waals surface area contributed by atoms with Crippen LogP contribution >= 0.6 is 15.9 Å². The van der Waals surface area contributed by atoms with Gasteiger partial charge < -0.3 is 5.32 Å². The van der Waals surface area contributed by atoms with Gasteiger partial charge in [-0.05, 0) is 28.8 Å². The number of nitrogens with zero attached hydrogens (tertiary/aromatic N) is 2. The number of hydrogen-bond acceptors (Lipinski definition) is 2. The number of carbonyl (C=O) groups is 1. The summed E-state index contributed by atoms with van der Waals surface area (Å²) < 4.78 is 2.49. The van der Waals surface area contributed by atoms with Gasteiger partial charge in [-0.1, -0.05) is 13.8 Å². The van der Waals surface area contributed by atoms with Crippen LogP contribution in [0.2, 0.25) is 0 Å². The van der Waals surface area contributed by atoms with E-state index in [1.807, 2.05) is 6.92 Å². The summed E-state index contributed by atoms with van der Waals surface area (Å²) in [7, 11) is 0. The zero-order valence-corrected chi connectivity index (χ0v) is 10.8. The molecule has 1 atom stereocenters. The van der Waals surface area contributed by atoms with Crippen molar-refractivity contribution in [3.05, 3.63) is 16.9 Å². The Hall–Kier alpha value is -0.840. The monoisotopic (exact) mass is 273 g/mol. The van der Waals surface area contributed by atoms with Gasteiger partial charge in [0.25, 0.3) is 0 Å². The minimum absolute atomic E-state index is 0.00759. The van der Waals surface area contributed by atoms with Gasteiger partial charge in [0.2, 0.25) is 5.91 Å². The second-order valence-electron chi connectivity index (χ2n) is 3.96. The fourth-order valence-corrected chi connectivity index (χ4v) is 1.37. The second-order valence-corrected chi connectivity index (χ2v) is 4.87. The minimum Gasteiger partial charge on any atom is -0.352 e. The Morgan fingerprint density at radius 2 is 2.27 bits per heavy atom. The predicted molar refractivity (Wildman–Crippen MR) is 62.4 cm³/mol. The van der Waals surface area contributed by atoms with Crippen molar-refractivity contribution < 1.29 is 4.79 Å². The molecule has 0 aliphatic rings. The number of carbonyl (C=O) groups excluding carboxylic acids is 1. The number of nitrogens with one attached hydrogen (secondary N) is 1. The number of halogens is 1. The van der Waals surface area contributed by atoms with E-state index < -0.39 is 0 Å². The molecule has 1 amide bonds. The third kappa shape index (κ3) is 4.03. The lowest BCUT2D eigenvalue weighted by Gasteiger charge is -2.17. The highest BCUT2D eigenvalue weighted by Crippen LogP contribution is 2.06. The summed E-state index contributed by atoms with van der Waals surface area (Å²) in [6.07, 6.45) is 3.44. The van der Waals surface area contributed by atoms with Crippen molar-refractivity contribution >= 4 is 21.8 Å². The average Bonchev–Trinajstić information content (AvgIpc) is 2.50. The van der Waals surface area contributed by atoms with Crippen LogP contribution in [0.1, 0.15) is 20.8 Å². The van der Waals surface area contributed by atoms with Gasteiger partial charge >= 0.3 is 0 Å². The van der Waals surface area contributed by atoms with E-state index in [1.165, 1.54) is 0 Å². The van der Waals surface area contributed by atoms with Crippen molar-refractivity contribution in [2.24, 2.45) is 5.92 Å². The van der Waals surface area contributed by atoms with Gasteiger partial charge in [-0.25, -0.2) is 0 Å². The summed E-state index contributed by atoms with van der Waals surface area (Å²) in [4.78, 5) is 11.5. The largest absolute Gasteiger partial charge is 0.352 e. The first-order valence-electron chi connectivity index (χ1n) is 4.96. The Morgan fingerprint density at radius 3 is 2.73 bits per heavy atom. The fraction of sp³-hybridized carbons (Fsp3) is 0.600. The zero-order valence-electron chi connectivity index (χ0n) is 9.20. The quantitative estimate of drug-likeness (QED) is 0.910. The molecule has 15 heavy (non-hydrogen) atoms. The molecule has 1 unspecified atom stereocenters. The van der Waals surface area contributed by atoms with Crippen LogP contribution in [0.5, 0.6) is 0 Å². The molecule has 1 N–H and O–H groups in total. The van der Waals surface area contributed by atoms with Gasteiger partial charge in [-0.15, -0.1) is 0 Å². The molecule has 0 radical (unpaired) electrons. The molecule has 1 aromatic rings. The molecule has 0 aliphatic heterocycles. The number of aromatic nitrogens is 2. The van der Waals surface area contributed by atoms with Gasteiger partial charge in [-0.3, -0.25) is 9.48 Å². The van der Waals surface area contributed by atoms with Crippen molar-refractivity contribution in [3.8, 4) is 0 Å². The second kappa shape index (κ2) is 5.30. The maximum absolute atomic E-state index is 11.5. The summed E-state index contributed by atoms with van der Waals surface area (Å²) in [5, 5.41) is 6.94. The van der Waals surface area contributed by atoms with Crippen LogP contribution < -0.4 is 5.32 Å². The minimum atomic E-state index is -0.00759. The SMILES string of the molecule is CC(C)C(C)NC(=O)Cn1cc(Br)cn1. The van der Waals surface area contributed by atoms with E-state index >= 15 is 0 Å². The van der Waals surface area contributed by atoms with Crippen molar-refractivity contribution in [2.45, 2.75) is 33.4 Å². The fourth-order valence-electron chi connectivity index (χ4n) is 1.04. The van der Waals surface area contributed by atoms with Crippen LogP contribution in [0.4, 0.5) is 0 Å². The van der Waals surface area contributed by atoms with Crippen molar-refractivity contribution in [1.82, 2.24) is 15.1 Å². The first-order chi connectivity index (χ1) is 6.99. The van der Waals surface area contributed by atoms with Gasteiger partial charge in [0, 0.05) is 12.2 Å². The highest BCUT2D eigenvalue weighted by atomic mass is 79.9. The Morgan fingerprint density at radius 1 is 1.60 bits per heavy atom. The molecule has 0 spiro atoms. The molecule has 0 saturated carbocycles. The predicted octanol–water partition coefficient (Wildman–Crippen LogP) is 1.81. The molecular weight excluding hydrogens is 258 g/mol. The molecule has 1 heterocycles. The maximum atomic E-state index is 11.5. The highest BCUT2D eigenvalue weighted by Gasteiger charge is 2.11. The molecule has 0 bridgehead atoms. The van der Waals surface area contributed by atoms with E-state index in [1.54, 1.807) is 17.1 Å². The van der Waals surface area contributed by atoms with E-state index in [-0.39, 0.29) is 18.5 Å². The van der Waals surface area contributed by atoms with Crippen LogP contribution in [-0.2, 0) is 11.3 Å². The average molecular weight is 274 g/mol. The van der Waals surface area contributed by atoms with Gasteiger partial charge in [0.1, 0.15) is 6.54 Å². The van der Waals surface area contributed by atoms with Gasteiger partial charge in [-0.2, -0.15) is 5.10 Å². The number of hydrogen-bond donors (Lipinski definition) is 1. The molecule has 0 aromatic carbocycles. The van der Waals surface area contributed by atoms with Crippen molar-refractivity contribution in [3.63, 3.8) is 0 Å². The van der Waals surface area contributed by atoms with E-state index in [0.29, 0.717) is 5.92 Å². The van der Waals surface area contributed by atoms with E-state index in [9.17, 15) is 4.79 Å². The smallest absolute Gasteiger partial charge is 0.241 e. The van der Waals surface area contributed by atoms with E-state index in [4.69, 9.17) is 0 Å². The number of amides is 1. The summed E-state index contributed by atoms with van der Waals surface area (Å²) in [6, 6.07) is 0.191. The van der Waals surface area contributed by atoms with Crippen LogP contribution in [0.15, 0.2) is 16.9 Å². The molecule has 5 heteroatoms. The van der Waals surface area contributed by atoms with Crippen LogP contribution in [0.3, 0.4) is 0 Å². The molecule has 0 fully saturated rings. The Balaban J connectivity index is 2.43. The van der Waals surface area contributed by atoms with Crippen molar-refractivity contribution in [1.29, 1.82) is 0 Å². The van der Waals surface area contributed by atoms with Crippen molar-refractivity contribution in [2.75, 3.05) is 0 Å². The maximum Gasteiger partial charge on any atom is 0.241 e. The Bertz CT molecular complexity index is 335. The van der Waals surface area contributed by atoms with Crippen LogP contribution in [-0.4, -0.2) is 21.7 Å². The standard InChI is InChI=1S/C10H16BrN3O/c1-7(2)8(3)13-10(15)6-14-5-9(11)4-12-14/h4-5,7-8H,6H2,1-3H3,(H,13,15). The summed E-state index contributed by atoms with van der Waals surface area (Å²) in [5.74, 6) is 0.435. The summed E-state index contributed by atoms with van der Waals surface area (Å²) in [6.45, 7) is 6.43. The normalized spacial score (nSPS) is 12.9. The Labute approximate surface area is 98.2 Å². The first-order valence-corrected chi connectivity index (χ1v) is 5.75. The lowest BCUT2D eigenvalue weighted by molar-refractivity contribution is -0.122. The van der Waals surface area contributed by atoms with Crippen LogP contribution in [0.25, 0.3) is 0 Å². The molecule has 1 rings (SSSR count). The third-order valence-electron chi connectivity index (χ3n) is 2.30. The molecule has 0 saturated heterocycles. The lowest BCUT2D eigenvalue weighted by atomic mass is 10.1. The highest BCUT2D eigenvalue weighted by molar-refractivity contribution is 9.10. The summed E-state index contributed by atoms with van der Waals surface area (Å²) in [5.41, 5.74) is 0. The Kier molecular flexibility index (Phi) is 4.32. The van der Waals surface area contributed by atoms with Crippen LogP contribution in [0, 0.1) is 5.92 Å². The summed E-state index contributed by atoms with van der Waals surface area (Å²) >= 11 is 3.28. The van der Waals surface area contributed by atoms with Gasteiger partial charge in [0.05, 0.1) is 10.7 Å². The molecule has 84 valence electrons. The number of rotatable bonds is 4. The first kappa shape index (κ1) is 12.2. The molecule has 0 aliphatic carbocycles. The molecule has 4 nitrogen and oxygen atoms in total. The lowest BCUT2D eigenvalue weighted by Crippen LogP contribution is -2.38. The van der Waals surface area contributed by atoms with E-state index in [2.05, 4.69) is 40.2 Å². The van der Waals surface area contributed by atoms with E-state index in [0.717, 1.165) is 4.47 Å². The topological polar surface area (TPSA) is 46.9 Å². The third-order valence-corrected chi connectivity index (χ3v) is 2.71.